The second-order valence-electron chi connectivity index (χ2n) is 11.4. The molecule has 0 aliphatic carbocycles. The maximum Gasteiger partial charge on any atom is 3.00 e. The van der Waals surface area contributed by atoms with Gasteiger partial charge in [0, 0.05) is 6.07 Å². The molecule has 0 saturated heterocycles. The summed E-state index contributed by atoms with van der Waals surface area (Å²) in [6.07, 6.45) is -9.27. The maximum atomic E-state index is 14.9. The Morgan fingerprint density at radius 2 is 1.18 bits per heavy atom. The summed E-state index contributed by atoms with van der Waals surface area (Å²) in [6, 6.07) is 36.9. The molecule has 0 aliphatic heterocycles. The molecule has 3 aromatic heterocycles. The van der Waals surface area contributed by atoms with Crippen molar-refractivity contribution >= 4 is 12.6 Å². The fraction of sp³-hybridized carbons (Fsp3) is 0.184. The molecule has 0 atom stereocenters. The molecule has 0 fully saturated rings. The first-order valence-corrected chi connectivity index (χ1v) is 15.8. The van der Waals surface area contributed by atoms with Gasteiger partial charge in [0.1, 0.15) is 11.2 Å². The van der Waals surface area contributed by atoms with Crippen molar-refractivity contribution in [3.63, 3.8) is 0 Å². The Labute approximate surface area is 304 Å². The van der Waals surface area contributed by atoms with Crippen LogP contribution in [0.5, 0.6) is 0 Å². The third kappa shape index (κ3) is 7.83. The normalized spacial score (nSPS) is 12.0. The van der Waals surface area contributed by atoms with E-state index in [1.165, 1.54) is 12.1 Å². The molecule has 12 heteroatoms. The zero-order valence-electron chi connectivity index (χ0n) is 26.1. The van der Waals surface area contributed by atoms with Crippen LogP contribution in [0.25, 0.3) is 22.5 Å². The van der Waals surface area contributed by atoms with E-state index in [0.29, 0.717) is 44.9 Å². The van der Waals surface area contributed by atoms with Crippen molar-refractivity contribution in [1.82, 2.24) is 19.7 Å². The number of benzene rings is 3. The molecule has 0 amide bonds. The Morgan fingerprint density at radius 1 is 0.620 bits per heavy atom. The van der Waals surface area contributed by atoms with Gasteiger partial charge in [0.25, 0.3) is 0 Å². The zero-order valence-corrected chi connectivity index (χ0v) is 29.3. The molecule has 0 bridgehead atoms. The number of rotatable bonds is 10. The van der Waals surface area contributed by atoms with Gasteiger partial charge in [-0.3, -0.25) is 9.97 Å². The van der Waals surface area contributed by atoms with Crippen LogP contribution >= 0.6 is 0 Å². The van der Waals surface area contributed by atoms with Gasteiger partial charge in [-0.2, -0.15) is 36.3 Å². The number of pyridine rings is 2. The van der Waals surface area contributed by atoms with E-state index in [9.17, 15) is 26.3 Å². The van der Waals surface area contributed by atoms with Crippen LogP contribution < -0.4 is 0 Å². The Hall–Kier alpha value is -4.38. The number of alkyl halides is 6. The summed E-state index contributed by atoms with van der Waals surface area (Å²) in [5, 5.41) is 3.69. The molecule has 3 aromatic carbocycles. The third-order valence-corrected chi connectivity index (χ3v) is 8.57. The largest absolute Gasteiger partial charge is 3.00 e. The third-order valence-electron chi connectivity index (χ3n) is 8.17. The van der Waals surface area contributed by atoms with E-state index in [0.717, 1.165) is 5.56 Å². The van der Waals surface area contributed by atoms with Crippen molar-refractivity contribution in [2.45, 2.75) is 48.5 Å². The van der Waals surface area contributed by atoms with Crippen LogP contribution in [0.2, 0.25) is 0 Å². The van der Waals surface area contributed by atoms with Gasteiger partial charge in [0.05, 0.1) is 11.4 Å². The summed E-state index contributed by atoms with van der Waals surface area (Å²) in [7, 11) is 0. The molecule has 0 radical (unpaired) electrons. The number of aryl methyl sites for hydroxylation is 1. The standard InChI is InChI=1S/C38H28F6N4S.Ir/c39-37(40,41)34-25-35(38(42,43)44)48(47-34)36(24-10-9-18-28-17-7-8-21-31(28)49,32-22-11-19-29(45-32)26-13-3-1-4-14-26)33-23-12-20-30(46-33)27-15-5-2-6-16-27;/h1-8,11-13,15,17,19-23,25,49H,9-10,18,24H2;/q-2;+3/p-1. The van der Waals surface area contributed by atoms with Crippen LogP contribution in [-0.2, 0) is 57.0 Å². The number of hydrogen-bond donors (Lipinski definition) is 0. The fourth-order valence-electron chi connectivity index (χ4n) is 5.86. The van der Waals surface area contributed by atoms with Gasteiger partial charge in [0.15, 0.2) is 5.69 Å². The molecular weight excluding hydrogens is 851 g/mol. The van der Waals surface area contributed by atoms with Gasteiger partial charge < -0.3 is 12.6 Å². The predicted octanol–water partition coefficient (Wildman–Crippen LogP) is 9.75. The maximum absolute atomic E-state index is 14.9. The van der Waals surface area contributed by atoms with E-state index < -0.39 is 29.3 Å². The second-order valence-corrected chi connectivity index (χ2v) is 11.8. The van der Waals surface area contributed by atoms with Crippen LogP contribution in [0.1, 0.15) is 47.6 Å². The van der Waals surface area contributed by atoms with Gasteiger partial charge in [0.2, 0.25) is 0 Å². The van der Waals surface area contributed by atoms with Crippen LogP contribution in [0.15, 0.2) is 120 Å². The minimum absolute atomic E-state index is 0. The predicted molar refractivity (Wildman–Crippen MR) is 175 cm³/mol. The molecule has 0 spiro atoms. The van der Waals surface area contributed by atoms with Gasteiger partial charge in [-0.15, -0.1) is 71.8 Å². The summed E-state index contributed by atoms with van der Waals surface area (Å²) in [5.41, 5.74) is -2.50. The Morgan fingerprint density at radius 3 is 1.68 bits per heavy atom. The smallest absolute Gasteiger partial charge is 0.779 e. The van der Waals surface area contributed by atoms with Crippen molar-refractivity contribution in [3.8, 4) is 22.5 Å². The van der Waals surface area contributed by atoms with Crippen LogP contribution in [0.3, 0.4) is 0 Å². The summed E-state index contributed by atoms with van der Waals surface area (Å²) >= 11 is 5.45. The second kappa shape index (κ2) is 15.2. The fourth-order valence-corrected chi connectivity index (χ4v) is 6.11. The van der Waals surface area contributed by atoms with E-state index in [2.05, 4.69) is 17.2 Å². The number of nitrogens with zero attached hydrogens (tertiary/aromatic N) is 4. The van der Waals surface area contributed by atoms with Gasteiger partial charge in [-0.25, -0.2) is 4.68 Å². The molecule has 6 rings (SSSR count). The Balaban J connectivity index is 0.00000486. The first kappa shape index (κ1) is 36.9. The average molecular weight is 878 g/mol. The molecule has 0 N–H and O–H groups in total. The van der Waals surface area contributed by atoms with Gasteiger partial charge >= 0.3 is 32.5 Å². The molecule has 256 valence electrons. The zero-order chi connectivity index (χ0) is 34.6. The van der Waals surface area contributed by atoms with Crippen LogP contribution in [-0.4, -0.2) is 19.7 Å². The summed E-state index contributed by atoms with van der Waals surface area (Å²) < 4.78 is 87.5. The number of aromatic nitrogens is 4. The first-order chi connectivity index (χ1) is 23.5. The molecule has 6 aromatic rings. The van der Waals surface area contributed by atoms with Crippen LogP contribution in [0.4, 0.5) is 26.3 Å². The molecule has 50 heavy (non-hydrogen) atoms. The number of hydrogen-bond acceptors (Lipinski definition) is 4. The van der Waals surface area contributed by atoms with E-state index in [4.69, 9.17) is 22.6 Å². The minimum Gasteiger partial charge on any atom is -0.779 e. The first-order valence-electron chi connectivity index (χ1n) is 15.4. The van der Waals surface area contributed by atoms with Crippen molar-refractivity contribution in [2.24, 2.45) is 0 Å². The minimum atomic E-state index is -5.21. The molecular formula is C38H27F6IrN4S. The summed E-state index contributed by atoms with van der Waals surface area (Å²) in [4.78, 5) is 10.3. The summed E-state index contributed by atoms with van der Waals surface area (Å²) in [5.74, 6) is 0. The van der Waals surface area contributed by atoms with Crippen LogP contribution in [0, 0.1) is 12.1 Å². The Bertz CT molecular complexity index is 1950. The van der Waals surface area contributed by atoms with E-state index in [1.54, 1.807) is 78.9 Å². The van der Waals surface area contributed by atoms with Crippen molar-refractivity contribution in [2.75, 3.05) is 0 Å². The topological polar surface area (TPSA) is 43.6 Å². The molecule has 0 aliphatic rings. The average Bonchev–Trinajstić information content (AvgIpc) is 3.58. The summed E-state index contributed by atoms with van der Waals surface area (Å²) in [6.45, 7) is 0. The molecule has 0 saturated carbocycles. The Kier molecular flexibility index (Phi) is 11.2. The van der Waals surface area contributed by atoms with E-state index in [-0.39, 0.29) is 50.4 Å². The number of unbranched alkanes of at least 4 members (excludes halogenated alkanes) is 1. The SMILES string of the molecule is FC(F)(F)c1cc(C(F)(F)F)n(C(CCCCc2ccccc2[S-])(c2cccc(-c3[c-]cccc3)n2)c2cccc(-c3[c-]cccc3)n2)n1.[Ir+3]. The van der Waals surface area contributed by atoms with Crippen molar-refractivity contribution in [3.05, 3.63) is 156 Å². The van der Waals surface area contributed by atoms with Crippen molar-refractivity contribution < 1.29 is 46.4 Å². The molecule has 3 heterocycles. The van der Waals surface area contributed by atoms with E-state index in [1.807, 2.05) is 18.2 Å². The molecule has 4 nitrogen and oxygen atoms in total. The van der Waals surface area contributed by atoms with Gasteiger partial charge in [-0.1, -0.05) is 54.1 Å². The van der Waals surface area contributed by atoms with E-state index >= 15 is 0 Å². The number of halogens is 6. The molecule has 0 unspecified atom stereocenters. The van der Waals surface area contributed by atoms with Gasteiger partial charge in [-0.05, 0) is 49.2 Å². The monoisotopic (exact) mass is 878 g/mol. The van der Waals surface area contributed by atoms with Crippen molar-refractivity contribution in [1.29, 1.82) is 0 Å². The quantitative estimate of drug-likeness (QED) is 0.0596.